The summed E-state index contributed by atoms with van der Waals surface area (Å²) in [7, 11) is 0. The van der Waals surface area contributed by atoms with Gasteiger partial charge in [0.25, 0.3) is 0 Å². The van der Waals surface area contributed by atoms with E-state index < -0.39 is 0 Å². The fourth-order valence-corrected chi connectivity index (χ4v) is 2.59. The lowest BCUT2D eigenvalue weighted by atomic mass is 10.1. The van der Waals surface area contributed by atoms with Crippen molar-refractivity contribution in [3.63, 3.8) is 0 Å². The van der Waals surface area contributed by atoms with Gasteiger partial charge in [-0.1, -0.05) is 32.9 Å². The summed E-state index contributed by atoms with van der Waals surface area (Å²) in [5.41, 5.74) is 8.85. The van der Waals surface area contributed by atoms with Crippen molar-refractivity contribution in [1.82, 2.24) is 0 Å². The van der Waals surface area contributed by atoms with Gasteiger partial charge in [-0.05, 0) is 30.0 Å². The summed E-state index contributed by atoms with van der Waals surface area (Å²) in [5, 5.41) is 8.07. The molecule has 0 bridgehead atoms. The highest BCUT2D eigenvalue weighted by atomic mass is 32.2. The second-order valence-corrected chi connectivity index (χ2v) is 6.18. The van der Waals surface area contributed by atoms with Gasteiger partial charge < -0.3 is 5.73 Å². The first-order valence-electron chi connectivity index (χ1n) is 5.97. The molecule has 0 aliphatic carbocycles. The standard InChI is InChI=1S/C14H22N2S/c1-9(2)11(4)17-8-13-6-5-12(14(15)16)7-10(13)3/h5-7,9,11H,8H2,1-4H3,(H3,15,16). The highest BCUT2D eigenvalue weighted by Crippen LogP contribution is 2.25. The first kappa shape index (κ1) is 14.1. The van der Waals surface area contributed by atoms with Gasteiger partial charge in [-0.15, -0.1) is 0 Å². The third kappa shape index (κ3) is 4.08. The number of amidine groups is 1. The zero-order chi connectivity index (χ0) is 13.0. The van der Waals surface area contributed by atoms with Crippen molar-refractivity contribution in [3.05, 3.63) is 34.9 Å². The van der Waals surface area contributed by atoms with Crippen LogP contribution in [0, 0.1) is 18.3 Å². The lowest BCUT2D eigenvalue weighted by Gasteiger charge is -2.16. The van der Waals surface area contributed by atoms with Gasteiger partial charge in [-0.25, -0.2) is 0 Å². The minimum Gasteiger partial charge on any atom is -0.384 e. The summed E-state index contributed by atoms with van der Waals surface area (Å²) in [5.74, 6) is 1.88. The van der Waals surface area contributed by atoms with Gasteiger partial charge >= 0.3 is 0 Å². The van der Waals surface area contributed by atoms with Crippen LogP contribution in [0.1, 0.15) is 37.5 Å². The van der Waals surface area contributed by atoms with E-state index in [2.05, 4.69) is 33.8 Å². The summed E-state index contributed by atoms with van der Waals surface area (Å²) in [4.78, 5) is 0. The fourth-order valence-electron chi connectivity index (χ4n) is 1.44. The smallest absolute Gasteiger partial charge is 0.122 e. The van der Waals surface area contributed by atoms with Crippen molar-refractivity contribution in [2.24, 2.45) is 11.7 Å². The van der Waals surface area contributed by atoms with Crippen molar-refractivity contribution in [2.45, 2.75) is 38.7 Å². The Morgan fingerprint density at radius 3 is 2.47 bits per heavy atom. The van der Waals surface area contributed by atoms with Gasteiger partial charge in [0.05, 0.1) is 0 Å². The van der Waals surface area contributed by atoms with E-state index in [9.17, 15) is 0 Å². The van der Waals surface area contributed by atoms with E-state index in [1.54, 1.807) is 0 Å². The fraction of sp³-hybridized carbons (Fsp3) is 0.500. The molecule has 1 atom stereocenters. The summed E-state index contributed by atoms with van der Waals surface area (Å²) in [6.07, 6.45) is 0. The van der Waals surface area contributed by atoms with Gasteiger partial charge in [0, 0.05) is 16.6 Å². The molecule has 0 amide bonds. The first-order chi connectivity index (χ1) is 7.91. The minimum absolute atomic E-state index is 0.142. The Morgan fingerprint density at radius 1 is 1.35 bits per heavy atom. The number of nitrogens with two attached hydrogens (primary N) is 1. The monoisotopic (exact) mass is 250 g/mol. The average Bonchev–Trinajstić information content (AvgIpc) is 2.26. The maximum atomic E-state index is 7.40. The number of nitrogens with one attached hydrogen (secondary N) is 1. The van der Waals surface area contributed by atoms with Crippen LogP contribution in [0.2, 0.25) is 0 Å². The predicted octanol–water partition coefficient (Wildman–Crippen LogP) is 3.56. The highest BCUT2D eigenvalue weighted by molar-refractivity contribution is 7.99. The molecule has 17 heavy (non-hydrogen) atoms. The number of thioether (sulfide) groups is 1. The summed E-state index contributed by atoms with van der Waals surface area (Å²) in [6.45, 7) is 8.86. The molecule has 3 heteroatoms. The molecule has 0 aliphatic heterocycles. The van der Waals surface area contributed by atoms with Crippen LogP contribution in [0.3, 0.4) is 0 Å². The quantitative estimate of drug-likeness (QED) is 0.620. The van der Waals surface area contributed by atoms with E-state index in [-0.39, 0.29) is 5.84 Å². The maximum absolute atomic E-state index is 7.40. The summed E-state index contributed by atoms with van der Waals surface area (Å²) in [6, 6.07) is 6.02. The summed E-state index contributed by atoms with van der Waals surface area (Å²) < 4.78 is 0. The average molecular weight is 250 g/mol. The lowest BCUT2D eigenvalue weighted by molar-refractivity contribution is 0.642. The number of hydrogen-bond donors (Lipinski definition) is 2. The van der Waals surface area contributed by atoms with Crippen LogP contribution in [-0.2, 0) is 5.75 Å². The van der Waals surface area contributed by atoms with Gasteiger partial charge in [0.1, 0.15) is 5.84 Å². The summed E-state index contributed by atoms with van der Waals surface area (Å²) >= 11 is 1.98. The first-order valence-corrected chi connectivity index (χ1v) is 7.02. The van der Waals surface area contributed by atoms with Gasteiger partial charge in [-0.3, -0.25) is 5.41 Å². The number of aryl methyl sites for hydroxylation is 1. The number of benzene rings is 1. The van der Waals surface area contributed by atoms with Gasteiger partial charge in [0.15, 0.2) is 0 Å². The van der Waals surface area contributed by atoms with Crippen molar-refractivity contribution < 1.29 is 0 Å². The van der Waals surface area contributed by atoms with Gasteiger partial charge in [-0.2, -0.15) is 11.8 Å². The van der Waals surface area contributed by atoms with E-state index in [1.807, 2.05) is 23.9 Å². The molecule has 0 fully saturated rings. The Kier molecular flexibility index (Phi) is 5.06. The molecule has 94 valence electrons. The molecular weight excluding hydrogens is 228 g/mol. The molecule has 0 aromatic heterocycles. The molecule has 1 unspecified atom stereocenters. The maximum Gasteiger partial charge on any atom is 0.122 e. The molecular formula is C14H22N2S. The van der Waals surface area contributed by atoms with Crippen molar-refractivity contribution >= 4 is 17.6 Å². The Labute approximate surface area is 108 Å². The van der Waals surface area contributed by atoms with Crippen LogP contribution in [-0.4, -0.2) is 11.1 Å². The van der Waals surface area contributed by atoms with Crippen LogP contribution in [0.5, 0.6) is 0 Å². The Hall–Kier alpha value is -0.960. The second kappa shape index (κ2) is 6.10. The largest absolute Gasteiger partial charge is 0.384 e. The minimum atomic E-state index is 0.142. The molecule has 0 radical (unpaired) electrons. The van der Waals surface area contributed by atoms with Gasteiger partial charge in [0.2, 0.25) is 0 Å². The van der Waals surface area contributed by atoms with Crippen LogP contribution < -0.4 is 5.73 Å². The Bertz CT molecular complexity index is 399. The van der Waals surface area contributed by atoms with Crippen LogP contribution in [0.15, 0.2) is 18.2 Å². The molecule has 1 rings (SSSR count). The zero-order valence-corrected chi connectivity index (χ0v) is 11.9. The third-order valence-corrected chi connectivity index (χ3v) is 4.64. The molecule has 0 saturated carbocycles. The topological polar surface area (TPSA) is 49.9 Å². The normalized spacial score (nSPS) is 12.8. The number of nitrogen functional groups attached to an aromatic ring is 1. The van der Waals surface area contributed by atoms with Crippen LogP contribution in [0.4, 0.5) is 0 Å². The predicted molar refractivity (Wildman–Crippen MR) is 77.8 cm³/mol. The van der Waals surface area contributed by atoms with Crippen LogP contribution >= 0.6 is 11.8 Å². The highest BCUT2D eigenvalue weighted by Gasteiger charge is 2.09. The van der Waals surface area contributed by atoms with Crippen molar-refractivity contribution in [3.8, 4) is 0 Å². The molecule has 0 heterocycles. The zero-order valence-electron chi connectivity index (χ0n) is 11.1. The Balaban J connectivity index is 2.70. The molecule has 1 aromatic carbocycles. The molecule has 0 aliphatic rings. The molecule has 0 saturated heterocycles. The van der Waals surface area contributed by atoms with Crippen molar-refractivity contribution in [2.75, 3.05) is 0 Å². The van der Waals surface area contributed by atoms with E-state index >= 15 is 0 Å². The molecule has 3 N–H and O–H groups in total. The Morgan fingerprint density at radius 2 is 2.00 bits per heavy atom. The van der Waals surface area contributed by atoms with Crippen molar-refractivity contribution in [1.29, 1.82) is 5.41 Å². The van der Waals surface area contributed by atoms with E-state index in [0.29, 0.717) is 11.2 Å². The van der Waals surface area contributed by atoms with E-state index in [1.165, 1.54) is 11.1 Å². The molecule has 2 nitrogen and oxygen atoms in total. The third-order valence-electron chi connectivity index (χ3n) is 3.09. The van der Waals surface area contributed by atoms with Crippen LogP contribution in [0.25, 0.3) is 0 Å². The molecule has 0 spiro atoms. The second-order valence-electron chi connectivity index (χ2n) is 4.82. The lowest BCUT2D eigenvalue weighted by Crippen LogP contribution is -2.11. The SMILES string of the molecule is Cc1cc(C(=N)N)ccc1CSC(C)C(C)C. The van der Waals surface area contributed by atoms with E-state index in [0.717, 1.165) is 11.3 Å². The van der Waals surface area contributed by atoms with E-state index in [4.69, 9.17) is 11.1 Å². The number of rotatable bonds is 5. The molecule has 1 aromatic rings. The number of hydrogen-bond acceptors (Lipinski definition) is 2.